The predicted octanol–water partition coefficient (Wildman–Crippen LogP) is 1.28. The van der Waals surface area contributed by atoms with Gasteiger partial charge in [0.15, 0.2) is 0 Å². The van der Waals surface area contributed by atoms with Crippen LogP contribution in [0.25, 0.3) is 0 Å². The number of carbonyl (C=O) groups is 1. The van der Waals surface area contributed by atoms with Gasteiger partial charge in [0.05, 0.1) is 5.69 Å². The number of hydrogen-bond donors (Lipinski definition) is 3. The summed E-state index contributed by atoms with van der Waals surface area (Å²) in [5, 5.41) is 15.6. The molecule has 0 saturated carbocycles. The average molecular weight is 264 g/mol. The average Bonchev–Trinajstić information content (AvgIpc) is 2.38. The van der Waals surface area contributed by atoms with Crippen LogP contribution >= 0.6 is 0 Å². The van der Waals surface area contributed by atoms with E-state index in [-0.39, 0.29) is 5.82 Å². The van der Waals surface area contributed by atoms with Crippen molar-refractivity contribution in [2.45, 2.75) is 33.2 Å². The van der Waals surface area contributed by atoms with E-state index in [1.807, 2.05) is 0 Å². The third-order valence-corrected chi connectivity index (χ3v) is 3.14. The lowest BCUT2D eigenvalue weighted by Gasteiger charge is -2.20. The second-order valence-corrected chi connectivity index (χ2v) is 5.16. The molecule has 1 aromatic heterocycles. The zero-order valence-electron chi connectivity index (χ0n) is 11.4. The van der Waals surface area contributed by atoms with Crippen LogP contribution in [0.5, 0.6) is 0 Å². The normalized spacial score (nSPS) is 14.3. The molecule has 2 heterocycles. The summed E-state index contributed by atoms with van der Waals surface area (Å²) in [6.07, 6.45) is 1.77. The van der Waals surface area contributed by atoms with Crippen LogP contribution in [0.15, 0.2) is 0 Å². The first-order valence-electron chi connectivity index (χ1n) is 6.65. The summed E-state index contributed by atoms with van der Waals surface area (Å²) in [7, 11) is 0. The van der Waals surface area contributed by atoms with Crippen molar-refractivity contribution in [2.24, 2.45) is 5.92 Å². The Bertz CT molecular complexity index is 474. The number of nitrogens with zero attached hydrogens (tertiary/aromatic N) is 2. The molecule has 0 spiro atoms. The zero-order chi connectivity index (χ0) is 13.8. The van der Waals surface area contributed by atoms with Crippen molar-refractivity contribution in [1.82, 2.24) is 15.3 Å². The van der Waals surface area contributed by atoms with E-state index >= 15 is 0 Å². The maximum absolute atomic E-state index is 11.1. The maximum Gasteiger partial charge on any atom is 0.374 e. The van der Waals surface area contributed by atoms with E-state index in [1.165, 1.54) is 0 Å². The number of rotatable bonds is 5. The van der Waals surface area contributed by atoms with E-state index in [0.717, 1.165) is 37.2 Å². The van der Waals surface area contributed by atoms with Crippen LogP contribution in [-0.2, 0) is 13.0 Å². The molecule has 3 N–H and O–H groups in total. The van der Waals surface area contributed by atoms with Crippen molar-refractivity contribution < 1.29 is 9.90 Å². The Labute approximate surface area is 112 Å². The van der Waals surface area contributed by atoms with Crippen molar-refractivity contribution in [2.75, 3.05) is 18.4 Å². The van der Waals surface area contributed by atoms with Gasteiger partial charge in [-0.2, -0.15) is 0 Å². The molecule has 6 nitrogen and oxygen atoms in total. The number of aromatic carboxylic acids is 1. The highest BCUT2D eigenvalue weighted by atomic mass is 16.4. The van der Waals surface area contributed by atoms with Crippen LogP contribution < -0.4 is 10.6 Å². The Morgan fingerprint density at radius 3 is 2.95 bits per heavy atom. The van der Waals surface area contributed by atoms with Gasteiger partial charge in [-0.1, -0.05) is 13.8 Å². The molecule has 0 bridgehead atoms. The quantitative estimate of drug-likeness (QED) is 0.742. The van der Waals surface area contributed by atoms with E-state index in [0.29, 0.717) is 18.3 Å². The maximum atomic E-state index is 11.1. The molecule has 0 amide bonds. The first-order valence-corrected chi connectivity index (χ1v) is 6.65. The van der Waals surface area contributed by atoms with Crippen LogP contribution in [0, 0.1) is 5.92 Å². The van der Waals surface area contributed by atoms with Crippen molar-refractivity contribution in [3.63, 3.8) is 0 Å². The summed E-state index contributed by atoms with van der Waals surface area (Å²) in [6, 6.07) is 0. The van der Waals surface area contributed by atoms with Crippen molar-refractivity contribution in [1.29, 1.82) is 0 Å². The number of carboxylic acids is 1. The minimum atomic E-state index is -1.08. The Balaban J connectivity index is 2.23. The molecule has 0 aromatic carbocycles. The van der Waals surface area contributed by atoms with Crippen molar-refractivity contribution in [3.8, 4) is 0 Å². The summed E-state index contributed by atoms with van der Waals surface area (Å²) >= 11 is 0. The van der Waals surface area contributed by atoms with Crippen LogP contribution in [0.2, 0.25) is 0 Å². The Morgan fingerprint density at radius 1 is 1.47 bits per heavy atom. The number of anilines is 1. The highest BCUT2D eigenvalue weighted by Gasteiger charge is 2.19. The standard InChI is InChI=1S/C13H20N4O2/c1-8(2)3-6-15-11-9-7-14-5-4-10(9)16-12(17-11)13(18)19/h8,14H,3-7H2,1-2H3,(H,18,19)(H,15,16,17). The second kappa shape index (κ2) is 5.97. The fraction of sp³-hybridized carbons (Fsp3) is 0.615. The third kappa shape index (κ3) is 3.41. The molecule has 0 saturated heterocycles. The molecular weight excluding hydrogens is 244 g/mol. The van der Waals surface area contributed by atoms with E-state index in [1.54, 1.807) is 0 Å². The summed E-state index contributed by atoms with van der Waals surface area (Å²) in [4.78, 5) is 19.3. The van der Waals surface area contributed by atoms with Crippen LogP contribution in [0.3, 0.4) is 0 Å². The van der Waals surface area contributed by atoms with Crippen LogP contribution in [0.4, 0.5) is 5.82 Å². The Kier molecular flexibility index (Phi) is 4.31. The number of hydrogen-bond acceptors (Lipinski definition) is 5. The number of aromatic nitrogens is 2. The SMILES string of the molecule is CC(C)CCNc1nc(C(=O)O)nc2c1CNCC2. The van der Waals surface area contributed by atoms with Gasteiger partial charge in [-0.3, -0.25) is 0 Å². The molecule has 0 aliphatic carbocycles. The molecule has 6 heteroatoms. The lowest BCUT2D eigenvalue weighted by Crippen LogP contribution is -2.28. The van der Waals surface area contributed by atoms with Gasteiger partial charge in [-0.25, -0.2) is 14.8 Å². The van der Waals surface area contributed by atoms with Gasteiger partial charge in [0.25, 0.3) is 0 Å². The summed E-state index contributed by atoms with van der Waals surface area (Å²) in [5.41, 5.74) is 1.85. The molecule has 0 unspecified atom stereocenters. The van der Waals surface area contributed by atoms with Gasteiger partial charge < -0.3 is 15.7 Å². The topological polar surface area (TPSA) is 87.1 Å². The second-order valence-electron chi connectivity index (χ2n) is 5.16. The Morgan fingerprint density at radius 2 is 2.26 bits per heavy atom. The molecule has 0 fully saturated rings. The molecule has 0 atom stereocenters. The van der Waals surface area contributed by atoms with Crippen LogP contribution in [0.1, 0.15) is 42.1 Å². The molecule has 1 aliphatic heterocycles. The smallest absolute Gasteiger partial charge is 0.374 e. The third-order valence-electron chi connectivity index (χ3n) is 3.14. The monoisotopic (exact) mass is 264 g/mol. The highest BCUT2D eigenvalue weighted by Crippen LogP contribution is 2.20. The number of carboxylic acid groups (broad SMARTS) is 1. The van der Waals surface area contributed by atoms with E-state index in [9.17, 15) is 4.79 Å². The van der Waals surface area contributed by atoms with E-state index in [4.69, 9.17) is 5.11 Å². The molecular formula is C13H20N4O2. The first-order chi connectivity index (χ1) is 9.08. The Hall–Kier alpha value is -1.69. The van der Waals surface area contributed by atoms with E-state index in [2.05, 4.69) is 34.4 Å². The largest absolute Gasteiger partial charge is 0.475 e. The number of fused-ring (bicyclic) bond motifs is 1. The fourth-order valence-electron chi connectivity index (χ4n) is 2.06. The molecule has 0 radical (unpaired) electrons. The van der Waals surface area contributed by atoms with Crippen molar-refractivity contribution in [3.05, 3.63) is 17.1 Å². The summed E-state index contributed by atoms with van der Waals surface area (Å²) in [5.74, 6) is 0.0680. The van der Waals surface area contributed by atoms with Gasteiger partial charge in [-0.15, -0.1) is 0 Å². The minimum Gasteiger partial charge on any atom is -0.475 e. The number of nitrogens with one attached hydrogen (secondary N) is 2. The van der Waals surface area contributed by atoms with Gasteiger partial charge in [-0.05, 0) is 12.3 Å². The van der Waals surface area contributed by atoms with Gasteiger partial charge in [0.2, 0.25) is 5.82 Å². The molecule has 104 valence electrons. The molecule has 19 heavy (non-hydrogen) atoms. The van der Waals surface area contributed by atoms with Gasteiger partial charge in [0.1, 0.15) is 5.82 Å². The van der Waals surface area contributed by atoms with Gasteiger partial charge in [0, 0.05) is 31.6 Å². The van der Waals surface area contributed by atoms with Crippen molar-refractivity contribution >= 4 is 11.8 Å². The molecule has 2 rings (SSSR count). The minimum absolute atomic E-state index is 0.118. The van der Waals surface area contributed by atoms with Crippen LogP contribution in [-0.4, -0.2) is 34.1 Å². The fourth-order valence-corrected chi connectivity index (χ4v) is 2.06. The lowest BCUT2D eigenvalue weighted by atomic mass is 10.1. The highest BCUT2D eigenvalue weighted by molar-refractivity contribution is 5.83. The van der Waals surface area contributed by atoms with Gasteiger partial charge >= 0.3 is 5.97 Å². The summed E-state index contributed by atoms with van der Waals surface area (Å²) in [6.45, 7) is 6.62. The lowest BCUT2D eigenvalue weighted by molar-refractivity contribution is 0.0683. The predicted molar refractivity (Wildman–Crippen MR) is 72.3 cm³/mol. The molecule has 1 aromatic rings. The van der Waals surface area contributed by atoms with E-state index < -0.39 is 5.97 Å². The zero-order valence-corrected chi connectivity index (χ0v) is 11.4. The summed E-state index contributed by atoms with van der Waals surface area (Å²) < 4.78 is 0. The first kappa shape index (κ1) is 13.7. The molecule has 1 aliphatic rings.